The Morgan fingerprint density at radius 1 is 1.12 bits per heavy atom. The summed E-state index contributed by atoms with van der Waals surface area (Å²) in [6.45, 7) is -0.0750. The Morgan fingerprint density at radius 2 is 1.94 bits per heavy atom. The number of aromatic nitrogens is 1. The zero-order chi connectivity index (χ0) is 11.7. The lowest BCUT2D eigenvalue weighted by Crippen LogP contribution is -2.02. The number of aliphatic hydroxyl groups excluding tert-OH is 1. The smallest absolute Gasteiger partial charge is 0.167 e. The molecule has 0 unspecified atom stereocenters. The van der Waals surface area contributed by atoms with E-state index < -0.39 is 0 Å². The highest BCUT2D eigenvalue weighted by atomic mass is 16.5. The lowest BCUT2D eigenvalue weighted by molar-refractivity contribution is 0.267. The van der Waals surface area contributed by atoms with E-state index >= 15 is 0 Å². The second-order valence-corrected chi connectivity index (χ2v) is 4.53. The molecule has 0 amide bonds. The topological polar surface area (TPSA) is 46.3 Å². The summed E-state index contributed by atoms with van der Waals surface area (Å²) in [5, 5.41) is 12.8. The van der Waals surface area contributed by atoms with Gasteiger partial charge >= 0.3 is 0 Å². The van der Waals surface area contributed by atoms with Crippen LogP contribution in [0.25, 0.3) is 11.3 Å². The Kier molecular flexibility index (Phi) is 2.69. The monoisotopic (exact) mass is 229 g/mol. The van der Waals surface area contributed by atoms with Crippen molar-refractivity contribution in [3.8, 4) is 11.3 Å². The quantitative estimate of drug-likeness (QED) is 0.861. The van der Waals surface area contributed by atoms with Gasteiger partial charge in [0.2, 0.25) is 0 Å². The van der Waals surface area contributed by atoms with Crippen molar-refractivity contribution in [2.24, 2.45) is 0 Å². The first-order valence-electron chi connectivity index (χ1n) is 6.05. The minimum Gasteiger partial charge on any atom is -0.390 e. The summed E-state index contributed by atoms with van der Waals surface area (Å²) < 4.78 is 5.22. The van der Waals surface area contributed by atoms with E-state index in [-0.39, 0.29) is 6.61 Å². The van der Waals surface area contributed by atoms with Gasteiger partial charge in [0.15, 0.2) is 5.76 Å². The summed E-state index contributed by atoms with van der Waals surface area (Å²) in [7, 11) is 0. The Bertz CT molecular complexity index is 531. The number of hydrogen-bond acceptors (Lipinski definition) is 3. The van der Waals surface area contributed by atoms with Gasteiger partial charge in [0.05, 0.1) is 6.61 Å². The van der Waals surface area contributed by atoms with Crippen molar-refractivity contribution in [1.82, 2.24) is 5.16 Å². The maximum absolute atomic E-state index is 8.97. The van der Waals surface area contributed by atoms with Crippen LogP contribution < -0.4 is 0 Å². The predicted octanol–water partition coefficient (Wildman–Crippen LogP) is 2.71. The largest absolute Gasteiger partial charge is 0.390 e. The van der Waals surface area contributed by atoms with Crippen molar-refractivity contribution in [2.75, 3.05) is 0 Å². The van der Waals surface area contributed by atoms with Crippen LogP contribution >= 0.6 is 0 Å². The minimum atomic E-state index is -0.0750. The molecule has 1 aliphatic rings. The summed E-state index contributed by atoms with van der Waals surface area (Å²) in [6.07, 6.45) is 4.91. The minimum absolute atomic E-state index is 0.0750. The SMILES string of the molecule is OCc1cc(-c2ccc3c(c2)CCCC3)on1. The molecule has 0 aliphatic heterocycles. The summed E-state index contributed by atoms with van der Waals surface area (Å²) in [6, 6.07) is 8.25. The molecular weight excluding hydrogens is 214 g/mol. The second-order valence-electron chi connectivity index (χ2n) is 4.53. The molecular formula is C14H15NO2. The van der Waals surface area contributed by atoms with Gasteiger partial charge in [0.25, 0.3) is 0 Å². The lowest BCUT2D eigenvalue weighted by atomic mass is 9.90. The fraction of sp³-hybridized carbons (Fsp3) is 0.357. The van der Waals surface area contributed by atoms with Gasteiger partial charge in [-0.25, -0.2) is 0 Å². The van der Waals surface area contributed by atoms with Crippen molar-refractivity contribution >= 4 is 0 Å². The van der Waals surface area contributed by atoms with Crippen LogP contribution in [0.4, 0.5) is 0 Å². The Labute approximate surface area is 100 Å². The standard InChI is InChI=1S/C14H15NO2/c16-9-13-8-14(17-15-13)12-6-5-10-3-1-2-4-11(10)7-12/h5-8,16H,1-4,9H2. The molecule has 1 aliphatic carbocycles. The highest BCUT2D eigenvalue weighted by molar-refractivity contribution is 5.59. The molecule has 1 heterocycles. The van der Waals surface area contributed by atoms with E-state index in [0.29, 0.717) is 5.69 Å². The molecule has 0 bridgehead atoms. The van der Waals surface area contributed by atoms with E-state index in [1.807, 2.05) is 0 Å². The van der Waals surface area contributed by atoms with Crippen LogP contribution in [0.2, 0.25) is 0 Å². The first-order valence-corrected chi connectivity index (χ1v) is 6.05. The van der Waals surface area contributed by atoms with Gasteiger partial charge in [-0.2, -0.15) is 0 Å². The van der Waals surface area contributed by atoms with Crippen LogP contribution in [-0.4, -0.2) is 10.3 Å². The van der Waals surface area contributed by atoms with E-state index in [0.717, 1.165) is 17.7 Å². The Morgan fingerprint density at radius 3 is 2.71 bits per heavy atom. The third kappa shape index (κ3) is 1.98. The summed E-state index contributed by atoms with van der Waals surface area (Å²) in [4.78, 5) is 0. The highest BCUT2D eigenvalue weighted by Crippen LogP contribution is 2.27. The lowest BCUT2D eigenvalue weighted by Gasteiger charge is -2.15. The van der Waals surface area contributed by atoms with Crippen LogP contribution in [0.1, 0.15) is 29.7 Å². The van der Waals surface area contributed by atoms with Crippen LogP contribution in [0.3, 0.4) is 0 Å². The molecule has 1 N–H and O–H groups in total. The normalized spacial score (nSPS) is 14.6. The third-order valence-electron chi connectivity index (χ3n) is 3.35. The van der Waals surface area contributed by atoms with E-state index in [1.54, 1.807) is 6.07 Å². The van der Waals surface area contributed by atoms with Crippen LogP contribution in [0.5, 0.6) is 0 Å². The van der Waals surface area contributed by atoms with Gasteiger partial charge in [-0.1, -0.05) is 17.3 Å². The van der Waals surface area contributed by atoms with E-state index in [1.165, 1.54) is 30.4 Å². The van der Waals surface area contributed by atoms with Gasteiger partial charge in [-0.05, 0) is 42.9 Å². The van der Waals surface area contributed by atoms with Crippen molar-refractivity contribution in [3.05, 3.63) is 41.1 Å². The number of hydrogen-bond donors (Lipinski definition) is 1. The molecule has 3 heteroatoms. The summed E-state index contributed by atoms with van der Waals surface area (Å²) >= 11 is 0. The van der Waals surface area contributed by atoms with Crippen LogP contribution in [0.15, 0.2) is 28.8 Å². The van der Waals surface area contributed by atoms with Crippen LogP contribution in [0, 0.1) is 0 Å². The average Bonchev–Trinajstić information content (AvgIpc) is 2.87. The van der Waals surface area contributed by atoms with Crippen molar-refractivity contribution in [1.29, 1.82) is 0 Å². The molecule has 0 atom stereocenters. The molecule has 3 nitrogen and oxygen atoms in total. The zero-order valence-electron chi connectivity index (χ0n) is 9.65. The average molecular weight is 229 g/mol. The number of aliphatic hydroxyl groups is 1. The molecule has 0 saturated carbocycles. The van der Waals surface area contributed by atoms with E-state index in [9.17, 15) is 0 Å². The highest BCUT2D eigenvalue weighted by Gasteiger charge is 2.12. The maximum atomic E-state index is 8.97. The third-order valence-corrected chi connectivity index (χ3v) is 3.35. The molecule has 0 spiro atoms. The Balaban J connectivity index is 1.97. The number of nitrogens with zero attached hydrogens (tertiary/aromatic N) is 1. The van der Waals surface area contributed by atoms with Crippen molar-refractivity contribution < 1.29 is 9.63 Å². The van der Waals surface area contributed by atoms with E-state index in [4.69, 9.17) is 9.63 Å². The number of fused-ring (bicyclic) bond motifs is 1. The summed E-state index contributed by atoms with van der Waals surface area (Å²) in [5.41, 5.74) is 4.52. The van der Waals surface area contributed by atoms with Gasteiger partial charge < -0.3 is 9.63 Å². The number of aryl methyl sites for hydroxylation is 2. The van der Waals surface area contributed by atoms with Gasteiger partial charge in [0.1, 0.15) is 5.69 Å². The molecule has 0 radical (unpaired) electrons. The predicted molar refractivity (Wildman–Crippen MR) is 64.5 cm³/mol. The second kappa shape index (κ2) is 4.34. The van der Waals surface area contributed by atoms with Gasteiger partial charge in [-0.15, -0.1) is 0 Å². The van der Waals surface area contributed by atoms with Crippen LogP contribution in [-0.2, 0) is 19.4 Å². The fourth-order valence-corrected chi connectivity index (χ4v) is 2.41. The maximum Gasteiger partial charge on any atom is 0.167 e. The molecule has 1 aromatic heterocycles. The van der Waals surface area contributed by atoms with Gasteiger partial charge in [-0.3, -0.25) is 0 Å². The molecule has 0 saturated heterocycles. The number of benzene rings is 1. The number of rotatable bonds is 2. The zero-order valence-corrected chi connectivity index (χ0v) is 9.65. The fourth-order valence-electron chi connectivity index (χ4n) is 2.41. The molecule has 1 aromatic carbocycles. The first-order chi connectivity index (χ1) is 8.36. The van der Waals surface area contributed by atoms with Crippen molar-refractivity contribution in [3.63, 3.8) is 0 Å². The van der Waals surface area contributed by atoms with Gasteiger partial charge in [0, 0.05) is 11.6 Å². The molecule has 17 heavy (non-hydrogen) atoms. The summed E-state index contributed by atoms with van der Waals surface area (Å²) in [5.74, 6) is 0.738. The Hall–Kier alpha value is -1.61. The molecule has 88 valence electrons. The molecule has 0 fully saturated rings. The molecule has 3 rings (SSSR count). The first kappa shape index (κ1) is 10.5. The van der Waals surface area contributed by atoms with Crippen molar-refractivity contribution in [2.45, 2.75) is 32.3 Å². The van der Waals surface area contributed by atoms with E-state index in [2.05, 4.69) is 23.4 Å². The molecule has 2 aromatic rings.